The zero-order valence-electron chi connectivity index (χ0n) is 23.8. The maximum atomic E-state index is 13.6. The van der Waals surface area contributed by atoms with E-state index in [0.29, 0.717) is 37.8 Å². The number of benzene rings is 1. The highest BCUT2D eigenvalue weighted by Crippen LogP contribution is 2.42. The van der Waals surface area contributed by atoms with Crippen molar-refractivity contribution in [2.45, 2.75) is 45.4 Å². The average molecular weight is 672 g/mol. The summed E-state index contributed by atoms with van der Waals surface area (Å²) >= 11 is 14.8. The van der Waals surface area contributed by atoms with Gasteiger partial charge in [0.05, 0.1) is 63.1 Å². The molecule has 0 saturated heterocycles. The zero-order chi connectivity index (χ0) is 31.4. The number of aryl methyl sites for hydroxylation is 1. The van der Waals surface area contributed by atoms with Gasteiger partial charge in [-0.15, -0.1) is 11.3 Å². The van der Waals surface area contributed by atoms with E-state index in [2.05, 4.69) is 22.0 Å². The van der Waals surface area contributed by atoms with E-state index in [-0.39, 0.29) is 34.4 Å². The van der Waals surface area contributed by atoms with Crippen LogP contribution in [0, 0.1) is 11.3 Å². The Balaban J connectivity index is 1.38. The Morgan fingerprint density at radius 3 is 2.70 bits per heavy atom. The first-order valence-electron chi connectivity index (χ1n) is 13.9. The predicted octanol–water partition coefficient (Wildman–Crippen LogP) is 7.41. The first-order valence-corrected chi connectivity index (χ1v) is 16.4. The maximum absolute atomic E-state index is 13.6. The number of carbonyl (C=O) groups excluding carboxylic acids is 3. The monoisotopic (exact) mass is 670 g/mol. The van der Waals surface area contributed by atoms with Gasteiger partial charge in [0, 0.05) is 15.6 Å². The predicted molar refractivity (Wildman–Crippen MR) is 173 cm³/mol. The molecule has 2 aromatic heterocycles. The van der Waals surface area contributed by atoms with Crippen LogP contribution in [0.4, 0.5) is 10.7 Å². The average Bonchev–Trinajstić information content (AvgIpc) is 3.65. The van der Waals surface area contributed by atoms with Gasteiger partial charge in [-0.2, -0.15) is 5.26 Å². The normalized spacial score (nSPS) is 16.1. The summed E-state index contributed by atoms with van der Waals surface area (Å²) in [5.41, 5.74) is 2.71. The summed E-state index contributed by atoms with van der Waals surface area (Å²) in [7, 11) is 0. The summed E-state index contributed by atoms with van der Waals surface area (Å²) in [4.78, 5) is 40.7. The molecule has 0 unspecified atom stereocenters. The summed E-state index contributed by atoms with van der Waals surface area (Å²) in [5.74, 6) is -1.77. The third-order valence-corrected chi connectivity index (χ3v) is 9.92. The minimum atomic E-state index is -0.840. The zero-order valence-corrected chi connectivity index (χ0v) is 27.0. The number of rotatable bonds is 9. The van der Waals surface area contributed by atoms with E-state index in [1.54, 1.807) is 38.1 Å². The summed E-state index contributed by atoms with van der Waals surface area (Å²) in [6.45, 7) is 3.70. The summed E-state index contributed by atoms with van der Waals surface area (Å²) in [6, 6.07) is 10.3. The van der Waals surface area contributed by atoms with Crippen LogP contribution in [0.2, 0.25) is 10.0 Å². The van der Waals surface area contributed by atoms with Crippen molar-refractivity contribution in [2.24, 2.45) is 0 Å². The number of dihydropyridines is 1. The maximum Gasteiger partial charge on any atom is 0.341 e. The Morgan fingerprint density at radius 1 is 1.20 bits per heavy atom. The second-order valence-corrected chi connectivity index (χ2v) is 13.0. The highest BCUT2D eigenvalue weighted by Gasteiger charge is 2.37. The molecule has 1 aromatic carbocycles. The van der Waals surface area contributed by atoms with Gasteiger partial charge in [0.2, 0.25) is 5.91 Å². The molecular formula is C31H28Cl2N4O5S2. The number of thiophene rings is 1. The van der Waals surface area contributed by atoms with Crippen LogP contribution in [0.5, 0.6) is 0 Å². The van der Waals surface area contributed by atoms with Crippen LogP contribution in [-0.2, 0) is 27.2 Å². The summed E-state index contributed by atoms with van der Waals surface area (Å²) in [5, 5.41) is 20.7. The van der Waals surface area contributed by atoms with Crippen LogP contribution < -0.4 is 16.0 Å². The number of anilines is 2. The Morgan fingerprint density at radius 2 is 2.00 bits per heavy atom. The van der Waals surface area contributed by atoms with E-state index in [0.717, 1.165) is 47.9 Å². The molecule has 0 bridgehead atoms. The van der Waals surface area contributed by atoms with Crippen molar-refractivity contribution >= 4 is 74.8 Å². The SMILES string of the molecule is CCOC(=O)c1c(NC(=O)CSC2=C(C#N)[C@@H](c3ccco3)C(C(=O)Nc3ccc(Cl)cc3Cl)=C(C)N2)sc2c1CCCC2. The van der Waals surface area contributed by atoms with Crippen molar-refractivity contribution in [3.05, 3.63) is 90.3 Å². The first-order chi connectivity index (χ1) is 21.2. The molecule has 1 aliphatic heterocycles. The highest BCUT2D eigenvalue weighted by atomic mass is 35.5. The molecule has 1 atom stereocenters. The van der Waals surface area contributed by atoms with Crippen molar-refractivity contribution in [3.63, 3.8) is 0 Å². The molecule has 0 saturated carbocycles. The van der Waals surface area contributed by atoms with Crippen LogP contribution >= 0.6 is 46.3 Å². The fraction of sp³-hybridized carbons (Fsp3) is 0.290. The van der Waals surface area contributed by atoms with Gasteiger partial charge in [-0.1, -0.05) is 35.0 Å². The van der Waals surface area contributed by atoms with E-state index < -0.39 is 17.8 Å². The number of carbonyl (C=O) groups is 3. The number of thioether (sulfide) groups is 1. The topological polar surface area (TPSA) is 133 Å². The number of allylic oxidation sites excluding steroid dienone is 2. The van der Waals surface area contributed by atoms with Gasteiger partial charge in [0.15, 0.2) is 0 Å². The Kier molecular flexibility index (Phi) is 10.1. The van der Waals surface area contributed by atoms with Crippen molar-refractivity contribution < 1.29 is 23.5 Å². The van der Waals surface area contributed by atoms with Gasteiger partial charge in [-0.25, -0.2) is 4.79 Å². The van der Waals surface area contributed by atoms with Gasteiger partial charge in [0.1, 0.15) is 10.8 Å². The first kappa shape index (κ1) is 31.7. The molecule has 2 amide bonds. The van der Waals surface area contributed by atoms with E-state index in [1.165, 1.54) is 23.7 Å². The third kappa shape index (κ3) is 6.69. The van der Waals surface area contributed by atoms with Crippen LogP contribution in [0.25, 0.3) is 0 Å². The molecule has 3 aromatic rings. The van der Waals surface area contributed by atoms with Crippen molar-refractivity contribution in [1.82, 2.24) is 5.32 Å². The number of fused-ring (bicyclic) bond motifs is 1. The number of nitrogens with zero attached hydrogens (tertiary/aromatic N) is 1. The lowest BCUT2D eigenvalue weighted by molar-refractivity contribution is -0.114. The molecular weight excluding hydrogens is 643 g/mol. The van der Waals surface area contributed by atoms with Gasteiger partial charge in [-0.05, 0) is 75.4 Å². The van der Waals surface area contributed by atoms with Crippen molar-refractivity contribution in [3.8, 4) is 6.07 Å². The van der Waals surface area contributed by atoms with Crippen LogP contribution in [-0.4, -0.2) is 30.1 Å². The smallest absolute Gasteiger partial charge is 0.341 e. The molecule has 44 heavy (non-hydrogen) atoms. The second kappa shape index (κ2) is 13.9. The molecule has 0 spiro atoms. The lowest BCUT2D eigenvalue weighted by atomic mass is 9.85. The molecule has 3 heterocycles. The van der Waals surface area contributed by atoms with Crippen molar-refractivity contribution in [1.29, 1.82) is 5.26 Å². The lowest BCUT2D eigenvalue weighted by Gasteiger charge is -2.28. The number of esters is 1. The molecule has 3 N–H and O–H groups in total. The standard InChI is InChI=1S/C31H28Cl2N4O5S2/c1-3-41-31(40)27-18-7-4-5-9-23(18)44-30(27)37-24(38)15-43-29-19(14-34)26(22-8-6-12-42-22)25(16(2)35-29)28(39)36-21-11-10-17(32)13-20(21)33/h6,8,10-13,26,35H,3-5,7,9,15H2,1-2H3,(H,36,39)(H,37,38)/t26-/m0/s1. The number of nitriles is 1. The molecule has 5 rings (SSSR count). The van der Waals surface area contributed by atoms with Gasteiger partial charge in [-0.3, -0.25) is 9.59 Å². The molecule has 13 heteroatoms. The van der Waals surface area contributed by atoms with E-state index in [1.807, 2.05) is 0 Å². The molecule has 228 valence electrons. The number of halogens is 2. The number of ether oxygens (including phenoxy) is 1. The Hall–Kier alpha value is -3.69. The number of hydrogen-bond donors (Lipinski definition) is 3. The van der Waals surface area contributed by atoms with E-state index >= 15 is 0 Å². The van der Waals surface area contributed by atoms with Crippen LogP contribution in [0.15, 0.2) is 62.9 Å². The number of nitrogens with one attached hydrogen (secondary N) is 3. The number of furan rings is 1. The van der Waals surface area contributed by atoms with Crippen molar-refractivity contribution in [2.75, 3.05) is 23.0 Å². The van der Waals surface area contributed by atoms with Crippen LogP contribution in [0.1, 0.15) is 59.2 Å². The van der Waals surface area contributed by atoms with Crippen LogP contribution in [0.3, 0.4) is 0 Å². The minimum absolute atomic E-state index is 0.0571. The summed E-state index contributed by atoms with van der Waals surface area (Å²) in [6.07, 6.45) is 5.11. The van der Waals surface area contributed by atoms with E-state index in [4.69, 9.17) is 32.4 Å². The largest absolute Gasteiger partial charge is 0.468 e. The fourth-order valence-corrected chi connectivity index (χ4v) is 7.86. The van der Waals surface area contributed by atoms with Gasteiger partial charge >= 0.3 is 5.97 Å². The fourth-order valence-electron chi connectivity index (χ4n) is 5.22. The second-order valence-electron chi connectivity index (χ2n) is 10.0. The minimum Gasteiger partial charge on any atom is -0.468 e. The molecule has 0 radical (unpaired) electrons. The van der Waals surface area contributed by atoms with Gasteiger partial charge in [0.25, 0.3) is 5.91 Å². The molecule has 0 fully saturated rings. The molecule has 1 aliphatic carbocycles. The molecule has 2 aliphatic rings. The number of amides is 2. The number of hydrogen-bond acceptors (Lipinski definition) is 9. The lowest BCUT2D eigenvalue weighted by Crippen LogP contribution is -2.31. The highest BCUT2D eigenvalue weighted by molar-refractivity contribution is 8.03. The quantitative estimate of drug-likeness (QED) is 0.200. The summed E-state index contributed by atoms with van der Waals surface area (Å²) < 4.78 is 11.0. The molecule has 9 nitrogen and oxygen atoms in total. The van der Waals surface area contributed by atoms with Gasteiger partial charge < -0.3 is 25.1 Å². The Bertz CT molecular complexity index is 1720. The Labute approximate surface area is 272 Å². The van der Waals surface area contributed by atoms with E-state index in [9.17, 15) is 19.6 Å². The third-order valence-electron chi connectivity index (χ3n) is 7.15.